The van der Waals surface area contributed by atoms with Gasteiger partial charge in [0.2, 0.25) is 5.91 Å². The zero-order chi connectivity index (χ0) is 12.4. The standard InChI is InChI=1S/C11H24N2O2S.ClH/c1-3-9(2)10(12)11(15)13-5-8-16-7-4-6-14;/h9-10,14H,3-8,12H2,1-2H3,(H,13,15);1H. The van der Waals surface area contributed by atoms with Crippen LogP contribution in [0.1, 0.15) is 26.7 Å². The molecule has 0 aliphatic rings. The fourth-order valence-corrected chi connectivity index (χ4v) is 1.93. The molecule has 0 aliphatic heterocycles. The number of amides is 1. The number of nitrogens with one attached hydrogen (secondary N) is 1. The summed E-state index contributed by atoms with van der Waals surface area (Å²) in [6.07, 6.45) is 1.73. The van der Waals surface area contributed by atoms with Crippen LogP contribution in [0.4, 0.5) is 0 Å². The van der Waals surface area contributed by atoms with Crippen LogP contribution in [-0.4, -0.2) is 41.7 Å². The summed E-state index contributed by atoms with van der Waals surface area (Å²) in [5, 5.41) is 11.4. The van der Waals surface area contributed by atoms with Crippen LogP contribution in [0.2, 0.25) is 0 Å². The third kappa shape index (κ3) is 9.71. The highest BCUT2D eigenvalue weighted by atomic mass is 35.5. The molecule has 4 N–H and O–H groups in total. The number of halogens is 1. The van der Waals surface area contributed by atoms with Crippen LogP contribution in [-0.2, 0) is 4.79 Å². The second-order valence-electron chi connectivity index (χ2n) is 3.89. The number of rotatable bonds is 9. The second kappa shape index (κ2) is 12.5. The van der Waals surface area contributed by atoms with Gasteiger partial charge in [0.1, 0.15) is 0 Å². The molecule has 0 aromatic carbocycles. The van der Waals surface area contributed by atoms with Crippen molar-refractivity contribution in [2.45, 2.75) is 32.7 Å². The number of hydrogen-bond acceptors (Lipinski definition) is 4. The zero-order valence-corrected chi connectivity index (χ0v) is 12.3. The van der Waals surface area contributed by atoms with Crippen LogP contribution in [0.5, 0.6) is 0 Å². The lowest BCUT2D eigenvalue weighted by Gasteiger charge is -2.17. The Labute approximate surface area is 115 Å². The average molecular weight is 285 g/mol. The van der Waals surface area contributed by atoms with Crippen molar-refractivity contribution < 1.29 is 9.90 Å². The fraction of sp³-hybridized carbons (Fsp3) is 0.909. The van der Waals surface area contributed by atoms with Gasteiger partial charge in [-0.3, -0.25) is 4.79 Å². The van der Waals surface area contributed by atoms with Gasteiger partial charge in [-0.2, -0.15) is 11.8 Å². The Kier molecular flexibility index (Phi) is 14.2. The number of carbonyl (C=O) groups excluding carboxylic acids is 1. The van der Waals surface area contributed by atoms with Gasteiger partial charge in [0.05, 0.1) is 6.04 Å². The van der Waals surface area contributed by atoms with E-state index in [1.165, 1.54) is 0 Å². The van der Waals surface area contributed by atoms with Crippen LogP contribution >= 0.6 is 24.2 Å². The molecule has 1 amide bonds. The Morgan fingerprint density at radius 1 is 1.47 bits per heavy atom. The van der Waals surface area contributed by atoms with Crippen molar-refractivity contribution in [3.8, 4) is 0 Å². The van der Waals surface area contributed by atoms with Gasteiger partial charge in [0, 0.05) is 18.9 Å². The maximum Gasteiger partial charge on any atom is 0.237 e. The normalized spacial score (nSPS) is 13.6. The van der Waals surface area contributed by atoms with E-state index in [9.17, 15) is 4.79 Å². The summed E-state index contributed by atoms with van der Waals surface area (Å²) in [7, 11) is 0. The number of aliphatic hydroxyl groups is 1. The van der Waals surface area contributed by atoms with Crippen molar-refractivity contribution in [2.24, 2.45) is 11.7 Å². The number of carbonyl (C=O) groups is 1. The molecule has 0 aromatic heterocycles. The molecular formula is C11H25ClN2O2S. The summed E-state index contributed by atoms with van der Waals surface area (Å²) in [4.78, 5) is 11.5. The van der Waals surface area contributed by atoms with Gasteiger partial charge in [0.25, 0.3) is 0 Å². The van der Waals surface area contributed by atoms with Crippen molar-refractivity contribution in [3.05, 3.63) is 0 Å². The van der Waals surface area contributed by atoms with Crippen molar-refractivity contribution in [1.82, 2.24) is 5.32 Å². The molecule has 0 saturated carbocycles. The van der Waals surface area contributed by atoms with Crippen LogP contribution in [0, 0.1) is 5.92 Å². The van der Waals surface area contributed by atoms with Crippen molar-refractivity contribution in [3.63, 3.8) is 0 Å². The summed E-state index contributed by atoms with van der Waals surface area (Å²) in [5.74, 6) is 1.97. The van der Waals surface area contributed by atoms with Crippen LogP contribution in [0.3, 0.4) is 0 Å². The minimum absolute atomic E-state index is 0. The monoisotopic (exact) mass is 284 g/mol. The lowest BCUT2D eigenvalue weighted by molar-refractivity contribution is -0.123. The Morgan fingerprint density at radius 3 is 2.65 bits per heavy atom. The van der Waals surface area contributed by atoms with Crippen molar-refractivity contribution in [1.29, 1.82) is 0 Å². The molecule has 0 heterocycles. The molecule has 0 radical (unpaired) electrons. The van der Waals surface area contributed by atoms with Crippen LogP contribution in [0.25, 0.3) is 0 Å². The van der Waals surface area contributed by atoms with E-state index in [0.29, 0.717) is 6.54 Å². The van der Waals surface area contributed by atoms with Gasteiger partial charge in [-0.1, -0.05) is 20.3 Å². The molecular weight excluding hydrogens is 260 g/mol. The van der Waals surface area contributed by atoms with E-state index in [2.05, 4.69) is 5.32 Å². The molecule has 104 valence electrons. The summed E-state index contributed by atoms with van der Waals surface area (Å²) in [6.45, 7) is 4.90. The number of hydrogen-bond donors (Lipinski definition) is 3. The van der Waals surface area contributed by atoms with Gasteiger partial charge >= 0.3 is 0 Å². The average Bonchev–Trinajstić information content (AvgIpc) is 2.31. The van der Waals surface area contributed by atoms with Gasteiger partial charge < -0.3 is 16.2 Å². The summed E-state index contributed by atoms with van der Waals surface area (Å²) >= 11 is 1.73. The molecule has 17 heavy (non-hydrogen) atoms. The summed E-state index contributed by atoms with van der Waals surface area (Å²) < 4.78 is 0. The third-order valence-corrected chi connectivity index (χ3v) is 3.62. The van der Waals surface area contributed by atoms with Gasteiger partial charge in [0.15, 0.2) is 0 Å². The quantitative estimate of drug-likeness (QED) is 0.553. The molecule has 0 bridgehead atoms. The largest absolute Gasteiger partial charge is 0.396 e. The van der Waals surface area contributed by atoms with E-state index in [-0.39, 0.29) is 30.8 Å². The first kappa shape index (κ1) is 19.4. The molecule has 0 aromatic rings. The number of nitrogens with two attached hydrogens (primary N) is 1. The van der Waals surface area contributed by atoms with Gasteiger partial charge in [-0.25, -0.2) is 0 Å². The van der Waals surface area contributed by atoms with E-state index >= 15 is 0 Å². The Balaban J connectivity index is 0. The number of aliphatic hydroxyl groups excluding tert-OH is 1. The third-order valence-electron chi connectivity index (χ3n) is 2.55. The SMILES string of the molecule is CCC(C)C(N)C(=O)NCCSCCCO.Cl. The maximum atomic E-state index is 11.5. The molecule has 0 rings (SSSR count). The molecule has 0 aliphatic carbocycles. The van der Waals surface area contributed by atoms with Gasteiger partial charge in [-0.05, 0) is 18.1 Å². The van der Waals surface area contributed by atoms with Crippen molar-refractivity contribution >= 4 is 30.1 Å². The molecule has 2 atom stereocenters. The molecule has 2 unspecified atom stereocenters. The second-order valence-corrected chi connectivity index (χ2v) is 5.12. The molecule has 0 fully saturated rings. The van der Waals surface area contributed by atoms with E-state index in [1.807, 2.05) is 13.8 Å². The Hall–Kier alpha value is 0.0300. The first-order valence-corrected chi connectivity index (χ1v) is 7.00. The minimum Gasteiger partial charge on any atom is -0.396 e. The first-order valence-electron chi connectivity index (χ1n) is 5.85. The smallest absolute Gasteiger partial charge is 0.237 e. The molecule has 0 saturated heterocycles. The van der Waals surface area contributed by atoms with Gasteiger partial charge in [-0.15, -0.1) is 12.4 Å². The lowest BCUT2D eigenvalue weighted by atomic mass is 9.99. The molecule has 0 spiro atoms. The van der Waals surface area contributed by atoms with E-state index in [1.54, 1.807) is 11.8 Å². The predicted octanol–water partition coefficient (Wildman–Crippen LogP) is 1.01. The van der Waals surface area contributed by atoms with E-state index < -0.39 is 6.04 Å². The highest BCUT2D eigenvalue weighted by molar-refractivity contribution is 7.99. The minimum atomic E-state index is -0.396. The molecule has 4 nitrogen and oxygen atoms in total. The van der Waals surface area contributed by atoms with Crippen molar-refractivity contribution in [2.75, 3.05) is 24.7 Å². The Bertz CT molecular complexity index is 196. The maximum absolute atomic E-state index is 11.5. The summed E-state index contributed by atoms with van der Waals surface area (Å²) in [6, 6.07) is -0.396. The Morgan fingerprint density at radius 2 is 2.12 bits per heavy atom. The fourth-order valence-electron chi connectivity index (χ4n) is 1.15. The van der Waals surface area contributed by atoms with Crippen LogP contribution < -0.4 is 11.1 Å². The topological polar surface area (TPSA) is 75.4 Å². The summed E-state index contributed by atoms with van der Waals surface area (Å²) in [5.41, 5.74) is 5.78. The zero-order valence-electron chi connectivity index (χ0n) is 10.6. The lowest BCUT2D eigenvalue weighted by Crippen LogP contribution is -2.45. The molecule has 6 heteroatoms. The first-order chi connectivity index (χ1) is 7.63. The number of thioether (sulfide) groups is 1. The predicted molar refractivity (Wildman–Crippen MR) is 76.7 cm³/mol. The highest BCUT2D eigenvalue weighted by Crippen LogP contribution is 2.05. The highest BCUT2D eigenvalue weighted by Gasteiger charge is 2.18. The van der Waals surface area contributed by atoms with E-state index in [4.69, 9.17) is 10.8 Å². The van der Waals surface area contributed by atoms with Crippen LogP contribution in [0.15, 0.2) is 0 Å². The van der Waals surface area contributed by atoms with E-state index in [0.717, 1.165) is 24.3 Å².